The highest BCUT2D eigenvalue weighted by Crippen LogP contribution is 2.25. The smallest absolute Gasteiger partial charge is 0.339 e. The predicted molar refractivity (Wildman–Crippen MR) is 76.9 cm³/mol. The fraction of sp³-hybridized carbons (Fsp3) is 0.333. The predicted octanol–water partition coefficient (Wildman–Crippen LogP) is 2.75. The number of carboxylic acid groups (broad SMARTS) is 1. The van der Waals surface area contributed by atoms with Crippen LogP contribution in [0.1, 0.15) is 35.9 Å². The van der Waals surface area contributed by atoms with Gasteiger partial charge < -0.3 is 19.1 Å². The van der Waals surface area contributed by atoms with E-state index in [9.17, 15) is 9.90 Å². The van der Waals surface area contributed by atoms with E-state index in [0.29, 0.717) is 11.5 Å². The van der Waals surface area contributed by atoms with Gasteiger partial charge in [-0.25, -0.2) is 9.78 Å². The molecule has 0 aliphatic heterocycles. The molecule has 0 fully saturated rings. The summed E-state index contributed by atoms with van der Waals surface area (Å²) in [6, 6.07) is 4.97. The molecule has 2 aromatic rings. The van der Waals surface area contributed by atoms with Crippen LogP contribution in [0.4, 0.5) is 0 Å². The quantitative estimate of drug-likeness (QED) is 0.885. The summed E-state index contributed by atoms with van der Waals surface area (Å²) in [5.74, 6) is -0.270. The number of benzene rings is 1. The van der Waals surface area contributed by atoms with Crippen molar-refractivity contribution < 1.29 is 19.4 Å². The van der Waals surface area contributed by atoms with Gasteiger partial charge in [0.15, 0.2) is 0 Å². The third-order valence-corrected chi connectivity index (χ3v) is 3.10. The van der Waals surface area contributed by atoms with Gasteiger partial charge in [-0.05, 0) is 32.0 Å². The molecule has 0 amide bonds. The number of imidazole rings is 1. The van der Waals surface area contributed by atoms with Crippen molar-refractivity contribution in [2.24, 2.45) is 0 Å². The van der Waals surface area contributed by atoms with Crippen LogP contribution in [0.25, 0.3) is 0 Å². The average Bonchev–Trinajstić information content (AvgIpc) is 2.93. The molecule has 112 valence electrons. The van der Waals surface area contributed by atoms with Crippen molar-refractivity contribution in [3.63, 3.8) is 0 Å². The minimum Gasteiger partial charge on any atom is -0.497 e. The van der Waals surface area contributed by atoms with E-state index in [-0.39, 0.29) is 18.2 Å². The molecule has 0 atom stereocenters. The zero-order valence-electron chi connectivity index (χ0n) is 12.2. The molecule has 0 spiro atoms. The largest absolute Gasteiger partial charge is 0.497 e. The lowest BCUT2D eigenvalue weighted by Crippen LogP contribution is -2.09. The summed E-state index contributed by atoms with van der Waals surface area (Å²) in [6.07, 6.45) is 3.44. The molecule has 6 nitrogen and oxygen atoms in total. The van der Waals surface area contributed by atoms with Crippen LogP contribution in [0, 0.1) is 0 Å². The molecule has 21 heavy (non-hydrogen) atoms. The van der Waals surface area contributed by atoms with Crippen LogP contribution in [0.3, 0.4) is 0 Å². The Hall–Kier alpha value is -2.50. The molecule has 0 aliphatic rings. The van der Waals surface area contributed by atoms with Gasteiger partial charge in [0.25, 0.3) is 0 Å². The third-order valence-electron chi connectivity index (χ3n) is 3.10. The zero-order valence-corrected chi connectivity index (χ0v) is 12.2. The Balaban J connectivity index is 2.20. The molecule has 1 aromatic carbocycles. The molecule has 2 rings (SSSR count). The minimum atomic E-state index is -1.05. The molecule has 0 unspecified atom stereocenters. The molecule has 0 saturated carbocycles. The highest BCUT2D eigenvalue weighted by molar-refractivity contribution is 5.91. The summed E-state index contributed by atoms with van der Waals surface area (Å²) in [6.45, 7) is 4.34. The molecule has 1 N–H and O–H groups in total. The van der Waals surface area contributed by atoms with E-state index in [1.54, 1.807) is 24.7 Å². The molecular weight excluding hydrogens is 272 g/mol. The Kier molecular flexibility index (Phi) is 4.47. The first kappa shape index (κ1) is 14.9. The van der Waals surface area contributed by atoms with Gasteiger partial charge in [-0.1, -0.05) is 0 Å². The number of aromatic nitrogens is 2. The van der Waals surface area contributed by atoms with Gasteiger partial charge in [0, 0.05) is 6.04 Å². The van der Waals surface area contributed by atoms with Gasteiger partial charge in [0.2, 0.25) is 0 Å². The molecule has 0 saturated heterocycles. The average molecular weight is 290 g/mol. The molecule has 0 radical (unpaired) electrons. The summed E-state index contributed by atoms with van der Waals surface area (Å²) in [5.41, 5.74) is 0.960. The number of ether oxygens (including phenoxy) is 2. The van der Waals surface area contributed by atoms with Crippen LogP contribution in [-0.2, 0) is 6.61 Å². The molecular formula is C15H18N2O4. The first-order valence-electron chi connectivity index (χ1n) is 6.57. The van der Waals surface area contributed by atoms with E-state index in [1.807, 2.05) is 18.4 Å². The second kappa shape index (κ2) is 6.30. The van der Waals surface area contributed by atoms with E-state index in [4.69, 9.17) is 9.47 Å². The standard InChI is InChI=1S/C15H18N2O4/c1-10(2)17-9-16-7-11(17)8-21-14-5-4-12(20-3)6-13(14)15(18)19/h4-7,9-10H,8H2,1-3H3,(H,18,19). The molecule has 1 aromatic heterocycles. The summed E-state index contributed by atoms with van der Waals surface area (Å²) >= 11 is 0. The number of aromatic carboxylic acids is 1. The van der Waals surface area contributed by atoms with Gasteiger partial charge in [-0.2, -0.15) is 0 Å². The number of hydrogen-bond donors (Lipinski definition) is 1. The second-order valence-corrected chi connectivity index (χ2v) is 4.84. The monoisotopic (exact) mass is 290 g/mol. The lowest BCUT2D eigenvalue weighted by Gasteiger charge is -2.14. The topological polar surface area (TPSA) is 73.6 Å². The number of carboxylic acids is 1. The van der Waals surface area contributed by atoms with Crippen LogP contribution < -0.4 is 9.47 Å². The van der Waals surface area contributed by atoms with Crippen molar-refractivity contribution in [2.75, 3.05) is 7.11 Å². The molecule has 0 bridgehead atoms. The van der Waals surface area contributed by atoms with Gasteiger partial charge >= 0.3 is 5.97 Å². The number of rotatable bonds is 6. The van der Waals surface area contributed by atoms with Crippen molar-refractivity contribution in [1.82, 2.24) is 9.55 Å². The molecule has 0 aliphatic carbocycles. The first-order chi connectivity index (χ1) is 10.0. The fourth-order valence-corrected chi connectivity index (χ4v) is 1.99. The Labute approximate surface area is 122 Å². The summed E-state index contributed by atoms with van der Waals surface area (Å²) in [4.78, 5) is 15.4. The number of hydrogen-bond acceptors (Lipinski definition) is 4. The zero-order chi connectivity index (χ0) is 15.4. The normalized spacial score (nSPS) is 10.7. The Bertz CT molecular complexity index is 634. The SMILES string of the molecule is COc1ccc(OCc2cncn2C(C)C)c(C(=O)O)c1. The Morgan fingerprint density at radius 1 is 1.43 bits per heavy atom. The van der Waals surface area contributed by atoms with E-state index in [0.717, 1.165) is 5.69 Å². The van der Waals surface area contributed by atoms with Crippen molar-refractivity contribution >= 4 is 5.97 Å². The van der Waals surface area contributed by atoms with Gasteiger partial charge in [0.05, 0.1) is 25.3 Å². The van der Waals surface area contributed by atoms with E-state index in [1.165, 1.54) is 13.2 Å². The lowest BCUT2D eigenvalue weighted by atomic mass is 10.2. The maximum Gasteiger partial charge on any atom is 0.339 e. The fourth-order valence-electron chi connectivity index (χ4n) is 1.99. The van der Waals surface area contributed by atoms with Crippen molar-refractivity contribution in [1.29, 1.82) is 0 Å². The van der Waals surface area contributed by atoms with Crippen LogP contribution in [0.2, 0.25) is 0 Å². The van der Waals surface area contributed by atoms with Crippen LogP contribution in [0.15, 0.2) is 30.7 Å². The Morgan fingerprint density at radius 3 is 2.81 bits per heavy atom. The van der Waals surface area contributed by atoms with Gasteiger partial charge in [-0.3, -0.25) is 0 Å². The minimum absolute atomic E-state index is 0.0740. The summed E-state index contributed by atoms with van der Waals surface area (Å²) in [5, 5.41) is 9.23. The van der Waals surface area contributed by atoms with E-state index in [2.05, 4.69) is 4.98 Å². The number of carbonyl (C=O) groups is 1. The highest BCUT2D eigenvalue weighted by Gasteiger charge is 2.14. The van der Waals surface area contributed by atoms with Crippen molar-refractivity contribution in [3.8, 4) is 11.5 Å². The van der Waals surface area contributed by atoms with E-state index < -0.39 is 5.97 Å². The second-order valence-electron chi connectivity index (χ2n) is 4.84. The van der Waals surface area contributed by atoms with Crippen LogP contribution in [0.5, 0.6) is 11.5 Å². The molecule has 6 heteroatoms. The van der Waals surface area contributed by atoms with Crippen LogP contribution in [-0.4, -0.2) is 27.7 Å². The summed E-state index contributed by atoms with van der Waals surface area (Å²) in [7, 11) is 1.49. The van der Waals surface area contributed by atoms with Crippen molar-refractivity contribution in [2.45, 2.75) is 26.5 Å². The number of methoxy groups -OCH3 is 1. The Morgan fingerprint density at radius 2 is 2.19 bits per heavy atom. The maximum absolute atomic E-state index is 11.3. The molecule has 1 heterocycles. The highest BCUT2D eigenvalue weighted by atomic mass is 16.5. The number of nitrogens with zero attached hydrogens (tertiary/aromatic N) is 2. The summed E-state index contributed by atoms with van der Waals surface area (Å²) < 4.78 is 12.6. The first-order valence-corrected chi connectivity index (χ1v) is 6.57. The van der Waals surface area contributed by atoms with Gasteiger partial charge in [0.1, 0.15) is 23.7 Å². The maximum atomic E-state index is 11.3. The lowest BCUT2D eigenvalue weighted by molar-refractivity contribution is 0.0691. The van der Waals surface area contributed by atoms with Crippen LogP contribution >= 0.6 is 0 Å². The third kappa shape index (κ3) is 3.34. The van der Waals surface area contributed by atoms with Crippen molar-refractivity contribution in [3.05, 3.63) is 42.0 Å². The van der Waals surface area contributed by atoms with Gasteiger partial charge in [-0.15, -0.1) is 0 Å². The van der Waals surface area contributed by atoms with E-state index >= 15 is 0 Å².